The van der Waals surface area contributed by atoms with Crippen LogP contribution in [0.1, 0.15) is 45.2 Å². The summed E-state index contributed by atoms with van der Waals surface area (Å²) in [5.74, 6) is 0.404. The molecule has 1 aliphatic carbocycles. The fourth-order valence-electron chi connectivity index (χ4n) is 3.29. The maximum Gasteiger partial charge on any atom is 0.407 e. The molecule has 0 unspecified atom stereocenters. The highest BCUT2D eigenvalue weighted by Gasteiger charge is 2.30. The molecule has 3 aromatic heterocycles. The lowest BCUT2D eigenvalue weighted by Gasteiger charge is -2.19. The number of hydrogen-bond donors (Lipinski definition) is 3. The molecule has 1 aliphatic rings. The van der Waals surface area contributed by atoms with E-state index in [1.165, 1.54) is 12.3 Å². The number of nitrogens with one attached hydrogen (secondary N) is 3. The largest absolute Gasteiger partial charge is 0.474 e. The minimum absolute atomic E-state index is 0.0939. The van der Waals surface area contributed by atoms with Crippen molar-refractivity contribution in [3.05, 3.63) is 40.4 Å². The number of nitrogens with zero attached hydrogens (tertiary/aromatic N) is 4. The Kier molecular flexibility index (Phi) is 7.18. The monoisotopic (exact) mass is 521 g/mol. The first kappa shape index (κ1) is 24.8. The van der Waals surface area contributed by atoms with Crippen molar-refractivity contribution in [2.24, 2.45) is 0 Å². The summed E-state index contributed by atoms with van der Waals surface area (Å²) >= 11 is 12.1. The van der Waals surface area contributed by atoms with Gasteiger partial charge in [0.15, 0.2) is 10.8 Å². The van der Waals surface area contributed by atoms with Crippen LogP contribution in [0.15, 0.2) is 24.5 Å². The summed E-state index contributed by atoms with van der Waals surface area (Å²) in [4.78, 5) is 33.0. The summed E-state index contributed by atoms with van der Waals surface area (Å²) in [5.41, 5.74) is 1.63. The van der Waals surface area contributed by atoms with Gasteiger partial charge >= 0.3 is 12.1 Å². The Balaban J connectivity index is 1.40. The Labute approximate surface area is 211 Å². The van der Waals surface area contributed by atoms with Crippen LogP contribution in [0.3, 0.4) is 0 Å². The number of pyridine rings is 1. The molecule has 3 heterocycles. The number of carbonyl (C=O) groups is 2. The SMILES string of the molecule is CC(C)(C)OC(=O)NCCOc1ncc(Cl)cc1NC(=O)Nc1cnc2cc(Cl)nn2c1C1CC1. The molecule has 3 amide bonds. The Morgan fingerprint density at radius 2 is 1.86 bits per heavy atom. The van der Waals surface area contributed by atoms with Crippen molar-refractivity contribution in [1.29, 1.82) is 0 Å². The van der Waals surface area contributed by atoms with Crippen molar-refractivity contribution in [1.82, 2.24) is 24.9 Å². The minimum Gasteiger partial charge on any atom is -0.474 e. The Hall–Kier alpha value is -3.31. The molecule has 0 atom stereocenters. The number of aromatic nitrogens is 4. The Morgan fingerprint density at radius 3 is 2.57 bits per heavy atom. The predicted molar refractivity (Wildman–Crippen MR) is 132 cm³/mol. The third kappa shape index (κ3) is 6.64. The molecule has 3 N–H and O–H groups in total. The number of rotatable bonds is 7. The van der Waals surface area contributed by atoms with Crippen LogP contribution in [0.2, 0.25) is 10.2 Å². The first-order chi connectivity index (χ1) is 16.6. The molecule has 186 valence electrons. The molecule has 35 heavy (non-hydrogen) atoms. The third-order valence-corrected chi connectivity index (χ3v) is 5.17. The van der Waals surface area contributed by atoms with Crippen LogP contribution in [0, 0.1) is 0 Å². The van der Waals surface area contributed by atoms with Crippen molar-refractivity contribution in [2.45, 2.75) is 45.1 Å². The van der Waals surface area contributed by atoms with E-state index in [1.54, 1.807) is 37.5 Å². The molecule has 4 rings (SSSR count). The fraction of sp³-hybridized carbons (Fsp3) is 0.409. The lowest BCUT2D eigenvalue weighted by molar-refractivity contribution is 0.0520. The van der Waals surface area contributed by atoms with E-state index in [0.717, 1.165) is 18.5 Å². The van der Waals surface area contributed by atoms with E-state index in [2.05, 4.69) is 31.0 Å². The van der Waals surface area contributed by atoms with E-state index >= 15 is 0 Å². The van der Waals surface area contributed by atoms with Crippen LogP contribution in [-0.4, -0.2) is 50.5 Å². The molecule has 0 bridgehead atoms. The van der Waals surface area contributed by atoms with E-state index in [4.69, 9.17) is 32.7 Å². The first-order valence-electron chi connectivity index (χ1n) is 11.0. The zero-order valence-corrected chi connectivity index (χ0v) is 20.9. The van der Waals surface area contributed by atoms with Gasteiger partial charge in [0.2, 0.25) is 5.88 Å². The number of alkyl carbamates (subject to hydrolysis) is 1. The fourth-order valence-corrected chi connectivity index (χ4v) is 3.62. The summed E-state index contributed by atoms with van der Waals surface area (Å²) in [7, 11) is 0. The van der Waals surface area contributed by atoms with Crippen LogP contribution in [0.4, 0.5) is 21.0 Å². The molecule has 3 aromatic rings. The molecular weight excluding hydrogens is 497 g/mol. The number of carbonyl (C=O) groups excluding carboxylic acids is 2. The predicted octanol–water partition coefficient (Wildman–Crippen LogP) is 4.86. The Morgan fingerprint density at radius 1 is 1.11 bits per heavy atom. The summed E-state index contributed by atoms with van der Waals surface area (Å²) in [6.07, 6.45) is 4.39. The molecule has 13 heteroatoms. The summed E-state index contributed by atoms with van der Waals surface area (Å²) in [6, 6.07) is 2.64. The maximum absolute atomic E-state index is 12.8. The van der Waals surface area contributed by atoms with Gasteiger partial charge in [-0.3, -0.25) is 0 Å². The van der Waals surface area contributed by atoms with Crippen molar-refractivity contribution in [3.8, 4) is 5.88 Å². The highest BCUT2D eigenvalue weighted by molar-refractivity contribution is 6.31. The van der Waals surface area contributed by atoms with Gasteiger partial charge < -0.3 is 25.4 Å². The summed E-state index contributed by atoms with van der Waals surface area (Å²) in [5, 5.41) is 13.0. The first-order valence-corrected chi connectivity index (χ1v) is 11.7. The van der Waals surface area contributed by atoms with Gasteiger partial charge in [-0.25, -0.2) is 24.1 Å². The van der Waals surface area contributed by atoms with E-state index in [0.29, 0.717) is 21.5 Å². The van der Waals surface area contributed by atoms with Crippen molar-refractivity contribution >= 4 is 52.3 Å². The normalized spacial score (nSPS) is 13.4. The van der Waals surface area contributed by atoms with Gasteiger partial charge in [-0.2, -0.15) is 5.10 Å². The zero-order valence-electron chi connectivity index (χ0n) is 19.4. The van der Waals surface area contributed by atoms with Crippen molar-refractivity contribution in [2.75, 3.05) is 23.8 Å². The average Bonchev–Trinajstić information content (AvgIpc) is 3.51. The standard InChI is InChI=1S/C22H25Cl2N7O4/c1-22(2,3)35-21(33)25-6-7-34-19-14(8-13(23)10-27-19)28-20(32)29-15-11-26-17-9-16(24)30-31(17)18(15)12-4-5-12/h8-12H,4-7H2,1-3H3,(H,25,33)(H2,28,29,32). The van der Waals surface area contributed by atoms with Crippen molar-refractivity contribution < 1.29 is 19.1 Å². The lowest BCUT2D eigenvalue weighted by atomic mass is 10.2. The average molecular weight is 522 g/mol. The van der Waals surface area contributed by atoms with Crippen LogP contribution in [0.25, 0.3) is 5.65 Å². The minimum atomic E-state index is -0.601. The molecule has 0 aromatic carbocycles. The number of halogens is 2. The molecule has 1 fully saturated rings. The molecular formula is C22H25Cl2N7O4. The van der Waals surface area contributed by atoms with Gasteiger partial charge in [-0.15, -0.1) is 0 Å². The molecule has 1 saturated carbocycles. The van der Waals surface area contributed by atoms with E-state index in [9.17, 15) is 9.59 Å². The number of anilines is 2. The van der Waals surface area contributed by atoms with E-state index < -0.39 is 17.7 Å². The number of amides is 3. The van der Waals surface area contributed by atoms with Gasteiger partial charge in [-0.1, -0.05) is 23.2 Å². The Bertz CT molecular complexity index is 1250. The molecule has 0 aliphatic heterocycles. The highest BCUT2D eigenvalue weighted by Crippen LogP contribution is 2.43. The lowest BCUT2D eigenvalue weighted by Crippen LogP contribution is -2.34. The third-order valence-electron chi connectivity index (χ3n) is 4.78. The van der Waals surface area contributed by atoms with E-state index in [-0.39, 0.29) is 30.6 Å². The van der Waals surface area contributed by atoms with E-state index in [1.807, 2.05) is 0 Å². The van der Waals surface area contributed by atoms with Crippen LogP contribution < -0.4 is 20.7 Å². The topological polar surface area (TPSA) is 132 Å². The molecule has 0 spiro atoms. The van der Waals surface area contributed by atoms with Crippen LogP contribution >= 0.6 is 23.2 Å². The van der Waals surface area contributed by atoms with Gasteiger partial charge in [0.05, 0.1) is 29.1 Å². The number of fused-ring (bicyclic) bond motifs is 1. The van der Waals surface area contributed by atoms with Gasteiger partial charge in [0, 0.05) is 18.2 Å². The van der Waals surface area contributed by atoms with Gasteiger partial charge in [-0.05, 0) is 39.7 Å². The number of ether oxygens (including phenoxy) is 2. The quantitative estimate of drug-likeness (QED) is 0.378. The molecule has 11 nitrogen and oxygen atoms in total. The molecule has 0 saturated heterocycles. The second-order valence-electron chi connectivity index (χ2n) is 8.93. The smallest absolute Gasteiger partial charge is 0.407 e. The molecule has 0 radical (unpaired) electrons. The van der Waals surface area contributed by atoms with Gasteiger partial charge in [0.1, 0.15) is 17.9 Å². The second-order valence-corrected chi connectivity index (χ2v) is 9.75. The van der Waals surface area contributed by atoms with Gasteiger partial charge in [0.25, 0.3) is 0 Å². The zero-order chi connectivity index (χ0) is 25.2. The second kappa shape index (κ2) is 10.1. The highest BCUT2D eigenvalue weighted by atomic mass is 35.5. The maximum atomic E-state index is 12.8. The van der Waals surface area contributed by atoms with Crippen LogP contribution in [0.5, 0.6) is 5.88 Å². The number of urea groups is 1. The summed E-state index contributed by atoms with van der Waals surface area (Å²) < 4.78 is 12.5. The number of hydrogen-bond acceptors (Lipinski definition) is 7. The van der Waals surface area contributed by atoms with Crippen molar-refractivity contribution in [3.63, 3.8) is 0 Å². The summed E-state index contributed by atoms with van der Waals surface area (Å²) in [6.45, 7) is 5.59. The van der Waals surface area contributed by atoms with Crippen LogP contribution in [-0.2, 0) is 4.74 Å².